The summed E-state index contributed by atoms with van der Waals surface area (Å²) in [4.78, 5) is 50.2. The summed E-state index contributed by atoms with van der Waals surface area (Å²) >= 11 is 2.16. The number of amides is 2. The molecule has 1 saturated heterocycles. The molecule has 1 fully saturated rings. The maximum atomic E-state index is 12.2. The SMILES string of the molecule is O=C(O)CCSC1CC(=O)N(c2nc(CC(=O)O)cs2)C1=O. The van der Waals surface area contributed by atoms with Crippen molar-refractivity contribution in [2.24, 2.45) is 0 Å². The van der Waals surface area contributed by atoms with Crippen molar-refractivity contribution in [2.45, 2.75) is 24.5 Å². The van der Waals surface area contributed by atoms with Gasteiger partial charge in [-0.1, -0.05) is 0 Å². The Morgan fingerprint density at radius 1 is 1.36 bits per heavy atom. The first-order valence-corrected chi connectivity index (χ1v) is 8.17. The predicted octanol–water partition coefficient (Wildman–Crippen LogP) is 0.610. The van der Waals surface area contributed by atoms with Gasteiger partial charge in [-0.05, 0) is 0 Å². The largest absolute Gasteiger partial charge is 0.481 e. The van der Waals surface area contributed by atoms with Crippen LogP contribution < -0.4 is 4.90 Å². The van der Waals surface area contributed by atoms with Crippen molar-refractivity contribution < 1.29 is 29.4 Å². The first-order chi connectivity index (χ1) is 10.4. The van der Waals surface area contributed by atoms with Gasteiger partial charge in [0.2, 0.25) is 11.8 Å². The molecule has 0 radical (unpaired) electrons. The molecule has 2 heterocycles. The molecular formula is C12H12N2O6S2. The minimum absolute atomic E-state index is 0.00301. The van der Waals surface area contributed by atoms with E-state index < -0.39 is 29.0 Å². The van der Waals surface area contributed by atoms with Gasteiger partial charge in [0.05, 0.1) is 23.8 Å². The fraction of sp³-hybridized carbons (Fsp3) is 0.417. The molecule has 1 aliphatic heterocycles. The average molecular weight is 344 g/mol. The first kappa shape index (κ1) is 16.4. The second-order valence-corrected chi connectivity index (χ2v) is 6.61. The molecule has 0 aromatic carbocycles. The predicted molar refractivity (Wildman–Crippen MR) is 79.1 cm³/mol. The Morgan fingerprint density at radius 2 is 2.09 bits per heavy atom. The fourth-order valence-electron chi connectivity index (χ4n) is 1.86. The van der Waals surface area contributed by atoms with Crippen LogP contribution in [-0.4, -0.2) is 50.0 Å². The number of carboxylic acids is 2. The first-order valence-electron chi connectivity index (χ1n) is 6.25. The van der Waals surface area contributed by atoms with Gasteiger partial charge in [0.15, 0.2) is 5.13 Å². The number of hydrogen-bond donors (Lipinski definition) is 2. The van der Waals surface area contributed by atoms with Crippen molar-refractivity contribution in [1.82, 2.24) is 4.98 Å². The molecule has 1 aliphatic rings. The van der Waals surface area contributed by atoms with Crippen molar-refractivity contribution in [3.05, 3.63) is 11.1 Å². The minimum atomic E-state index is -1.04. The highest BCUT2D eigenvalue weighted by Gasteiger charge is 2.41. The van der Waals surface area contributed by atoms with Crippen LogP contribution in [0.2, 0.25) is 0 Å². The summed E-state index contributed by atoms with van der Waals surface area (Å²) in [7, 11) is 0. The highest BCUT2D eigenvalue weighted by atomic mass is 32.2. The third kappa shape index (κ3) is 3.83. The van der Waals surface area contributed by atoms with Gasteiger partial charge in [-0.2, -0.15) is 0 Å². The zero-order valence-corrected chi connectivity index (χ0v) is 12.9. The monoisotopic (exact) mass is 344 g/mol. The number of carbonyl (C=O) groups is 4. The molecule has 10 heteroatoms. The van der Waals surface area contributed by atoms with Gasteiger partial charge in [-0.3, -0.25) is 19.2 Å². The lowest BCUT2D eigenvalue weighted by Crippen LogP contribution is -2.31. The van der Waals surface area contributed by atoms with E-state index in [4.69, 9.17) is 10.2 Å². The molecule has 1 atom stereocenters. The van der Waals surface area contributed by atoms with Crippen LogP contribution in [-0.2, 0) is 25.6 Å². The summed E-state index contributed by atoms with van der Waals surface area (Å²) in [6.07, 6.45) is -0.358. The second-order valence-electron chi connectivity index (χ2n) is 4.47. The molecule has 22 heavy (non-hydrogen) atoms. The lowest BCUT2D eigenvalue weighted by molar-refractivity contribution is -0.137. The van der Waals surface area contributed by atoms with Crippen LogP contribution in [0.25, 0.3) is 0 Å². The Balaban J connectivity index is 2.03. The average Bonchev–Trinajstić information content (AvgIpc) is 2.94. The minimum Gasteiger partial charge on any atom is -0.481 e. The van der Waals surface area contributed by atoms with Gasteiger partial charge in [0, 0.05) is 17.6 Å². The van der Waals surface area contributed by atoms with E-state index in [0.29, 0.717) is 0 Å². The zero-order valence-electron chi connectivity index (χ0n) is 11.2. The van der Waals surface area contributed by atoms with E-state index in [1.54, 1.807) is 0 Å². The van der Waals surface area contributed by atoms with Gasteiger partial charge in [0.25, 0.3) is 0 Å². The second kappa shape index (κ2) is 6.88. The summed E-state index contributed by atoms with van der Waals surface area (Å²) in [5, 5.41) is 18.3. The van der Waals surface area contributed by atoms with Crippen molar-refractivity contribution in [1.29, 1.82) is 0 Å². The number of aliphatic carboxylic acids is 2. The summed E-state index contributed by atoms with van der Waals surface area (Å²) in [5.41, 5.74) is 0.287. The van der Waals surface area contributed by atoms with Crippen LogP contribution in [0.3, 0.4) is 0 Å². The summed E-state index contributed by atoms with van der Waals surface area (Å²) in [5.74, 6) is -2.60. The quantitative estimate of drug-likeness (QED) is 0.689. The van der Waals surface area contributed by atoms with Crippen LogP contribution in [0.15, 0.2) is 5.38 Å². The normalized spacial score (nSPS) is 18.0. The van der Waals surface area contributed by atoms with Gasteiger partial charge in [0.1, 0.15) is 0 Å². The third-order valence-electron chi connectivity index (χ3n) is 2.80. The molecule has 8 nitrogen and oxygen atoms in total. The van der Waals surface area contributed by atoms with E-state index in [1.165, 1.54) is 5.38 Å². The Morgan fingerprint density at radius 3 is 2.73 bits per heavy atom. The molecule has 118 valence electrons. The Hall–Kier alpha value is -1.94. The smallest absolute Gasteiger partial charge is 0.309 e. The van der Waals surface area contributed by atoms with Crippen LogP contribution >= 0.6 is 23.1 Å². The van der Waals surface area contributed by atoms with Crippen molar-refractivity contribution in [3.8, 4) is 0 Å². The number of carboxylic acid groups (broad SMARTS) is 2. The topological polar surface area (TPSA) is 125 Å². The van der Waals surface area contributed by atoms with Crippen LogP contribution in [0, 0.1) is 0 Å². The summed E-state index contributed by atoms with van der Waals surface area (Å²) in [6.45, 7) is 0. The van der Waals surface area contributed by atoms with Gasteiger partial charge in [-0.15, -0.1) is 23.1 Å². The van der Waals surface area contributed by atoms with E-state index in [1.807, 2.05) is 0 Å². The maximum Gasteiger partial charge on any atom is 0.309 e. The van der Waals surface area contributed by atoms with Gasteiger partial charge >= 0.3 is 11.9 Å². The van der Waals surface area contributed by atoms with Crippen LogP contribution in [0.1, 0.15) is 18.5 Å². The molecule has 2 amide bonds. The summed E-state index contributed by atoms with van der Waals surface area (Å²) in [6, 6.07) is 0. The lowest BCUT2D eigenvalue weighted by Gasteiger charge is -2.10. The Bertz CT molecular complexity index is 629. The molecule has 2 N–H and O–H groups in total. The molecule has 0 bridgehead atoms. The van der Waals surface area contributed by atoms with E-state index >= 15 is 0 Å². The lowest BCUT2D eigenvalue weighted by atomic mass is 10.3. The number of thiazole rings is 1. The van der Waals surface area contributed by atoms with E-state index in [9.17, 15) is 19.2 Å². The number of anilines is 1. The molecule has 0 aliphatic carbocycles. The highest BCUT2D eigenvalue weighted by Crippen LogP contribution is 2.31. The summed E-state index contributed by atoms with van der Waals surface area (Å²) < 4.78 is 0. The Labute approximate surface area is 133 Å². The molecule has 0 saturated carbocycles. The molecular weight excluding hydrogens is 332 g/mol. The van der Waals surface area contributed by atoms with Crippen molar-refractivity contribution in [2.75, 3.05) is 10.7 Å². The van der Waals surface area contributed by atoms with Gasteiger partial charge < -0.3 is 10.2 Å². The molecule has 1 aromatic rings. The van der Waals surface area contributed by atoms with Crippen molar-refractivity contribution in [3.63, 3.8) is 0 Å². The standard InChI is InChI=1S/C12H12N2O6S2/c15-8-4-7(21-2-1-9(16)17)11(20)14(8)12-13-6(5-22-12)3-10(18)19/h5,7H,1-4H2,(H,16,17)(H,18,19). The number of carbonyl (C=O) groups excluding carboxylic acids is 2. The van der Waals surface area contributed by atoms with Crippen LogP contribution in [0.5, 0.6) is 0 Å². The van der Waals surface area contributed by atoms with E-state index in [-0.39, 0.29) is 35.8 Å². The molecule has 1 unspecified atom stereocenters. The number of hydrogen-bond acceptors (Lipinski definition) is 7. The third-order valence-corrected chi connectivity index (χ3v) is 4.89. The molecule has 2 rings (SSSR count). The Kier molecular flexibility index (Phi) is 5.14. The number of thioether (sulfide) groups is 1. The van der Waals surface area contributed by atoms with E-state index in [2.05, 4.69) is 4.98 Å². The molecule has 1 aromatic heterocycles. The van der Waals surface area contributed by atoms with Crippen molar-refractivity contribution >= 4 is 52.0 Å². The fourth-order valence-corrected chi connectivity index (χ4v) is 3.79. The molecule has 0 spiro atoms. The van der Waals surface area contributed by atoms with E-state index in [0.717, 1.165) is 28.0 Å². The number of aromatic nitrogens is 1. The maximum absolute atomic E-state index is 12.2. The van der Waals surface area contributed by atoms with Crippen LogP contribution in [0.4, 0.5) is 5.13 Å². The van der Waals surface area contributed by atoms with Gasteiger partial charge in [-0.25, -0.2) is 9.88 Å². The number of nitrogens with zero attached hydrogens (tertiary/aromatic N) is 2. The highest BCUT2D eigenvalue weighted by molar-refractivity contribution is 8.00. The zero-order chi connectivity index (χ0) is 16.3. The number of rotatable bonds is 7. The number of imide groups is 1.